The van der Waals surface area contributed by atoms with Gasteiger partial charge in [-0.25, -0.2) is 4.79 Å². The number of carboxylic acids is 1. The first-order valence-electron chi connectivity index (χ1n) is 17.9. The molecule has 0 aromatic heterocycles. The van der Waals surface area contributed by atoms with E-state index in [9.17, 15) is 14.4 Å². The zero-order valence-corrected chi connectivity index (χ0v) is 28.9. The summed E-state index contributed by atoms with van der Waals surface area (Å²) in [5.74, 6) is 1.69. The van der Waals surface area contributed by atoms with Crippen molar-refractivity contribution in [1.29, 1.82) is 0 Å². The maximum absolute atomic E-state index is 11.8. The van der Waals surface area contributed by atoms with E-state index >= 15 is 0 Å². The van der Waals surface area contributed by atoms with E-state index in [-0.39, 0.29) is 11.3 Å². The van der Waals surface area contributed by atoms with Gasteiger partial charge in [0.1, 0.15) is 11.5 Å². The number of benzene rings is 2. The Bertz CT molecular complexity index is 1150. The molecule has 0 heterocycles. The number of hydrogen-bond acceptors (Lipinski definition) is 4. The van der Waals surface area contributed by atoms with Gasteiger partial charge in [-0.1, -0.05) is 109 Å². The van der Waals surface area contributed by atoms with Gasteiger partial charge >= 0.3 is 5.97 Å². The number of hydrogen-bond donors (Lipinski definition) is 1. The van der Waals surface area contributed by atoms with Gasteiger partial charge in [0.25, 0.3) is 0 Å². The molecule has 2 aromatic rings. The van der Waals surface area contributed by atoms with Crippen LogP contribution in [-0.2, 0) is 17.6 Å². The first-order chi connectivity index (χ1) is 21.8. The lowest BCUT2D eigenvalue weighted by Gasteiger charge is -2.28. The van der Waals surface area contributed by atoms with Crippen LogP contribution in [0.2, 0.25) is 0 Å². The number of carbonyl (C=O) groups excluding carboxylic acids is 2. The number of rotatable bonds is 14. The topological polar surface area (TPSA) is 80.7 Å². The van der Waals surface area contributed by atoms with Gasteiger partial charge in [-0.3, -0.25) is 9.59 Å². The Labute approximate surface area is 273 Å². The maximum Gasteiger partial charge on any atom is 0.335 e. The van der Waals surface area contributed by atoms with Gasteiger partial charge in [0, 0.05) is 5.92 Å². The minimum absolute atomic E-state index is 0.0941. The van der Waals surface area contributed by atoms with Crippen molar-refractivity contribution in [2.24, 2.45) is 17.8 Å². The third kappa shape index (κ3) is 13.9. The molecule has 0 radical (unpaired) electrons. The molecule has 0 bridgehead atoms. The highest BCUT2D eigenvalue weighted by atomic mass is 16.5. The molecule has 45 heavy (non-hydrogen) atoms. The van der Waals surface area contributed by atoms with Crippen LogP contribution in [0.1, 0.15) is 156 Å². The second-order valence-corrected chi connectivity index (χ2v) is 12.8. The Morgan fingerprint density at radius 1 is 0.778 bits per heavy atom. The molecule has 2 aromatic carbocycles. The molecule has 2 saturated carbocycles. The van der Waals surface area contributed by atoms with Crippen molar-refractivity contribution in [3.8, 4) is 5.75 Å². The first kappa shape index (κ1) is 38.2. The van der Waals surface area contributed by atoms with Crippen LogP contribution in [0, 0.1) is 17.8 Å². The van der Waals surface area contributed by atoms with Crippen molar-refractivity contribution in [3.63, 3.8) is 0 Å². The Morgan fingerprint density at radius 3 is 1.93 bits per heavy atom. The fourth-order valence-corrected chi connectivity index (χ4v) is 6.86. The number of Topliss-reactive ketones (excluding diaryl/α,β-unsaturated/α-hetero) is 2. The molecule has 0 aliphatic heterocycles. The van der Waals surface area contributed by atoms with Crippen molar-refractivity contribution in [1.82, 2.24) is 0 Å². The average Bonchev–Trinajstić information content (AvgIpc) is 3.07. The second-order valence-electron chi connectivity index (χ2n) is 12.8. The van der Waals surface area contributed by atoms with Crippen LogP contribution < -0.4 is 4.74 Å². The molecule has 0 spiro atoms. The van der Waals surface area contributed by atoms with E-state index in [1.54, 1.807) is 13.0 Å². The van der Waals surface area contributed by atoms with E-state index in [0.717, 1.165) is 31.6 Å². The number of ether oxygens (including phenoxy) is 1. The fourth-order valence-electron chi connectivity index (χ4n) is 6.86. The molecule has 0 saturated heterocycles. The third-order valence-corrected chi connectivity index (χ3v) is 9.50. The van der Waals surface area contributed by atoms with Crippen molar-refractivity contribution < 1.29 is 24.2 Å². The third-order valence-electron chi connectivity index (χ3n) is 9.50. The van der Waals surface area contributed by atoms with Crippen LogP contribution in [0.4, 0.5) is 0 Å². The van der Waals surface area contributed by atoms with Gasteiger partial charge in [0.2, 0.25) is 0 Å². The van der Waals surface area contributed by atoms with E-state index in [4.69, 9.17) is 9.84 Å². The van der Waals surface area contributed by atoms with Gasteiger partial charge in [-0.15, -0.1) is 0 Å². The van der Waals surface area contributed by atoms with Crippen molar-refractivity contribution in [2.45, 2.75) is 137 Å². The number of carboxylic acid groups (broad SMARTS) is 1. The summed E-state index contributed by atoms with van der Waals surface area (Å²) >= 11 is 0. The van der Waals surface area contributed by atoms with Crippen LogP contribution in [0.3, 0.4) is 0 Å². The normalized spacial score (nSPS) is 18.1. The highest BCUT2D eigenvalue weighted by molar-refractivity contribution is 5.99. The van der Waals surface area contributed by atoms with E-state index in [1.807, 2.05) is 13.8 Å². The van der Waals surface area contributed by atoms with E-state index in [2.05, 4.69) is 31.2 Å². The second kappa shape index (κ2) is 21.7. The molecule has 5 heteroatoms. The van der Waals surface area contributed by atoms with E-state index in [0.29, 0.717) is 35.5 Å². The Hall–Kier alpha value is -2.95. The number of ketones is 2. The number of carbonyl (C=O) groups is 3. The van der Waals surface area contributed by atoms with Gasteiger partial charge in [-0.2, -0.15) is 0 Å². The molecule has 2 unspecified atom stereocenters. The molecule has 5 nitrogen and oxygen atoms in total. The number of aryl methyl sites for hydroxylation is 2. The minimum Gasteiger partial charge on any atom is -0.493 e. The van der Waals surface area contributed by atoms with Crippen molar-refractivity contribution >= 4 is 17.5 Å². The van der Waals surface area contributed by atoms with Gasteiger partial charge in [-0.05, 0) is 93.5 Å². The van der Waals surface area contributed by atoms with Crippen molar-refractivity contribution in [3.05, 3.63) is 64.7 Å². The summed E-state index contributed by atoms with van der Waals surface area (Å²) < 4.78 is 5.78. The molecule has 1 N–H and O–H groups in total. The summed E-state index contributed by atoms with van der Waals surface area (Å²) in [6, 6.07) is 13.3. The van der Waals surface area contributed by atoms with E-state index in [1.165, 1.54) is 107 Å². The lowest BCUT2D eigenvalue weighted by atomic mass is 9.76. The fraction of sp³-hybridized carbons (Fsp3) is 0.625. The zero-order valence-electron chi connectivity index (χ0n) is 28.9. The van der Waals surface area contributed by atoms with Gasteiger partial charge in [0.05, 0.1) is 17.7 Å². The lowest BCUT2D eigenvalue weighted by molar-refractivity contribution is -0.123. The van der Waals surface area contributed by atoms with E-state index < -0.39 is 5.97 Å². The van der Waals surface area contributed by atoms with Gasteiger partial charge < -0.3 is 9.84 Å². The summed E-state index contributed by atoms with van der Waals surface area (Å²) in [6.07, 6.45) is 20.4. The molecular formula is C40H60O5. The van der Waals surface area contributed by atoms with Crippen LogP contribution in [0.25, 0.3) is 0 Å². The molecular weight excluding hydrogens is 560 g/mol. The smallest absolute Gasteiger partial charge is 0.335 e. The average molecular weight is 621 g/mol. The monoisotopic (exact) mass is 620 g/mol. The van der Waals surface area contributed by atoms with Crippen LogP contribution in [0.5, 0.6) is 5.75 Å². The first-order valence-corrected chi connectivity index (χ1v) is 17.9. The molecule has 4 rings (SSSR count). The summed E-state index contributed by atoms with van der Waals surface area (Å²) in [7, 11) is 0. The Kier molecular flexibility index (Phi) is 18.5. The van der Waals surface area contributed by atoms with Crippen LogP contribution in [-0.4, -0.2) is 29.2 Å². The molecule has 250 valence electrons. The number of aromatic carboxylic acids is 1. The zero-order chi connectivity index (χ0) is 33.0. The highest BCUT2D eigenvalue weighted by Crippen LogP contribution is 2.32. The quantitative estimate of drug-likeness (QED) is 0.168. The maximum atomic E-state index is 11.8. The van der Waals surface area contributed by atoms with Gasteiger partial charge in [0.15, 0.2) is 5.78 Å². The molecule has 2 fully saturated rings. The summed E-state index contributed by atoms with van der Waals surface area (Å²) in [6.45, 7) is 9.85. The predicted octanol–water partition coefficient (Wildman–Crippen LogP) is 10.7. The molecule has 0 amide bonds. The lowest BCUT2D eigenvalue weighted by Crippen LogP contribution is -2.24. The molecule has 2 aliphatic rings. The Morgan fingerprint density at radius 2 is 1.38 bits per heavy atom. The van der Waals surface area contributed by atoms with Crippen molar-refractivity contribution in [2.75, 3.05) is 6.61 Å². The summed E-state index contributed by atoms with van der Waals surface area (Å²) in [5.41, 5.74) is 3.11. The largest absolute Gasteiger partial charge is 0.493 e. The number of unbranched alkanes of at least 4 members (excludes halogenated alkanes) is 1. The summed E-state index contributed by atoms with van der Waals surface area (Å²) in [5, 5.41) is 9.10. The predicted molar refractivity (Wildman–Crippen MR) is 186 cm³/mol. The Balaban J connectivity index is 0.000000454. The minimum atomic E-state index is -1.05. The SMILES string of the molecule is CC.CC(=O)c1cc(C(=O)O)ccc1OCCCc1ccc(CCCCC2CCCCC2)cc1.CCC1CCCCC1C(C)=O. The van der Waals surface area contributed by atoms with Crippen LogP contribution in [0.15, 0.2) is 42.5 Å². The standard InChI is InChI=1S/C28H36O4.C10H18O.C2H6/c1-21(29)26-20-25(28(30)31)17-18-27(26)32-19-7-12-24-15-13-23(14-16-24)11-6-5-10-22-8-3-2-4-9-22;1-3-9-6-4-5-7-10(9)8(2)11;1-2/h13-18,20,22H,2-12,19H2,1H3,(H,30,31);9-10H,3-7H2,1-2H3;1-2H3. The highest BCUT2D eigenvalue weighted by Gasteiger charge is 2.26. The molecule has 2 aliphatic carbocycles. The summed E-state index contributed by atoms with van der Waals surface area (Å²) in [4.78, 5) is 34.1. The molecule has 2 atom stereocenters. The van der Waals surface area contributed by atoms with Crippen LogP contribution >= 0.6 is 0 Å².